The summed E-state index contributed by atoms with van der Waals surface area (Å²) in [5.74, 6) is 3.51. The van der Waals surface area contributed by atoms with Crippen molar-refractivity contribution in [1.82, 2.24) is 0 Å². The van der Waals surface area contributed by atoms with Crippen molar-refractivity contribution in [2.24, 2.45) is 0 Å². The highest BCUT2D eigenvalue weighted by Gasteiger charge is 2.38. The molecule has 0 fully saturated rings. The second kappa shape index (κ2) is 36.4. The quantitative estimate of drug-likeness (QED) is 0.0507. The maximum absolute atomic E-state index is 17.8. The molecule has 584 valence electrons. The summed E-state index contributed by atoms with van der Waals surface area (Å²) in [6.45, 7) is 0. The van der Waals surface area contributed by atoms with Crippen LogP contribution in [-0.4, -0.2) is 0 Å². The van der Waals surface area contributed by atoms with E-state index in [0.717, 1.165) is 0 Å². The zero-order valence-corrected chi connectivity index (χ0v) is 65.7. The van der Waals surface area contributed by atoms with Gasteiger partial charge in [-0.15, -0.1) is 0 Å². The molecule has 0 heterocycles. The summed E-state index contributed by atoms with van der Waals surface area (Å²) in [6.07, 6.45) is 0. The van der Waals surface area contributed by atoms with E-state index in [0.29, 0.717) is 119 Å². The lowest BCUT2D eigenvalue weighted by Gasteiger charge is -2.25. The lowest BCUT2D eigenvalue weighted by Crippen LogP contribution is -2.10. The Kier molecular flexibility index (Phi) is 23.5. The van der Waals surface area contributed by atoms with Crippen LogP contribution in [0.25, 0.3) is 66.8 Å². The summed E-state index contributed by atoms with van der Waals surface area (Å²) in [5, 5.41) is 118. The summed E-state index contributed by atoms with van der Waals surface area (Å²) >= 11 is 0. The van der Waals surface area contributed by atoms with E-state index in [1.54, 1.807) is 218 Å². The van der Waals surface area contributed by atoms with E-state index < -0.39 is 7.82 Å². The van der Waals surface area contributed by atoms with Gasteiger partial charge < -0.3 is 42.0 Å². The van der Waals surface area contributed by atoms with E-state index >= 15 is 4.57 Å². The topological polar surface area (TPSA) is 386 Å². The van der Waals surface area contributed by atoms with Crippen molar-refractivity contribution in [2.45, 2.75) is 0 Å². The molecule has 23 heteroatoms. The zero-order chi connectivity index (χ0) is 86.9. The summed E-state index contributed by atoms with van der Waals surface area (Å²) in [4.78, 5) is 0. The van der Waals surface area contributed by atoms with Crippen molar-refractivity contribution >= 4 is 7.82 Å². The molecule has 0 spiro atoms. The van der Waals surface area contributed by atoms with Crippen molar-refractivity contribution in [3.05, 3.63) is 376 Å². The maximum Gasteiger partial charge on any atom is 0.647 e. The molecule has 0 aliphatic heterocycles. The molecule has 0 aliphatic carbocycles. The highest BCUT2D eigenvalue weighted by molar-refractivity contribution is 7.49. The van der Waals surface area contributed by atoms with Crippen LogP contribution in [0.3, 0.4) is 0 Å². The number of nitriles is 12. The number of hydrogen-bond donors (Lipinski definition) is 0. The summed E-state index contributed by atoms with van der Waals surface area (Å²) < 4.78 is 77.0. The second-order valence-corrected chi connectivity index (χ2v) is 28.5. The first kappa shape index (κ1) is 80.8. The SMILES string of the molecule is N#Cc1ccc(Oc2ccc(-c3cccc(OP(=O)(Oc4cccc(-c5ccc(Oc6ccc(C#N)c(C#N)c6)cc5)c4-c4ccc(Oc5ccc(C#N)c(C#N)c5)cc4)Oc4cccc(-c5ccc(Oc6ccc(C#N)c(C#N)c6)cc5)c4-c4ccc(Oc5ccc(C#N)c(C#N)c5)cc4)c3-c3ccc(Oc4ccc(C#N)c(C#N)c4)cc3)cc2)cc1C#N. The van der Waals surface area contributed by atoms with Gasteiger partial charge in [-0.1, -0.05) is 109 Å². The monoisotopic (exact) mass is 1630 g/mol. The van der Waals surface area contributed by atoms with Crippen molar-refractivity contribution < 1.29 is 46.6 Å². The molecule has 0 unspecified atom stereocenters. The molecular weight excluding hydrogens is 1580 g/mol. The largest absolute Gasteiger partial charge is 0.647 e. The Morgan fingerprint density at radius 3 is 0.504 bits per heavy atom. The molecular formula is C102H51N12O10P. The molecule has 0 saturated carbocycles. The Labute approximate surface area is 715 Å². The first-order valence-electron chi connectivity index (χ1n) is 37.6. The van der Waals surface area contributed by atoms with Gasteiger partial charge in [0.1, 0.15) is 159 Å². The van der Waals surface area contributed by atoms with Gasteiger partial charge in [0.15, 0.2) is 0 Å². The first-order valence-corrected chi connectivity index (χ1v) is 39.0. The fourth-order valence-electron chi connectivity index (χ4n) is 13.5. The highest BCUT2D eigenvalue weighted by Crippen LogP contribution is 2.58. The van der Waals surface area contributed by atoms with E-state index in [1.165, 1.54) is 72.8 Å². The highest BCUT2D eigenvalue weighted by atomic mass is 31.2. The Morgan fingerprint density at radius 1 is 0.176 bits per heavy atom. The minimum absolute atomic E-state index is 0.0604. The smallest absolute Gasteiger partial charge is 0.457 e. The number of phosphoric acid groups is 1. The molecule has 0 N–H and O–H groups in total. The van der Waals surface area contributed by atoms with Crippen LogP contribution in [0.15, 0.2) is 309 Å². The van der Waals surface area contributed by atoms with Crippen LogP contribution in [0.4, 0.5) is 0 Å². The fraction of sp³-hybridized carbons (Fsp3) is 0. The van der Waals surface area contributed by atoms with Gasteiger partial charge in [-0.05, 0) is 250 Å². The van der Waals surface area contributed by atoms with Crippen LogP contribution in [0.5, 0.6) is 86.2 Å². The van der Waals surface area contributed by atoms with E-state index in [1.807, 2.05) is 91.0 Å². The van der Waals surface area contributed by atoms with E-state index in [9.17, 15) is 63.1 Å². The zero-order valence-electron chi connectivity index (χ0n) is 64.8. The van der Waals surface area contributed by atoms with Gasteiger partial charge in [0, 0.05) is 16.7 Å². The van der Waals surface area contributed by atoms with Crippen molar-refractivity contribution in [3.8, 4) is 226 Å². The molecule has 15 aromatic carbocycles. The number of nitrogens with zero attached hydrogens (tertiary/aromatic N) is 12. The molecule has 0 radical (unpaired) electrons. The Bertz CT molecular complexity index is 6740. The van der Waals surface area contributed by atoms with Crippen molar-refractivity contribution in [2.75, 3.05) is 0 Å². The van der Waals surface area contributed by atoms with Gasteiger partial charge >= 0.3 is 7.82 Å². The number of hydrogen-bond acceptors (Lipinski definition) is 22. The van der Waals surface area contributed by atoms with Gasteiger partial charge in [0.2, 0.25) is 0 Å². The molecule has 15 aromatic rings. The van der Waals surface area contributed by atoms with Crippen molar-refractivity contribution in [3.63, 3.8) is 0 Å². The third kappa shape index (κ3) is 18.0. The molecule has 0 aliphatic rings. The molecule has 15 rings (SSSR count). The lowest BCUT2D eigenvalue weighted by molar-refractivity contribution is 0.299. The first-order chi connectivity index (χ1) is 61.1. The second-order valence-electron chi connectivity index (χ2n) is 27.1. The van der Waals surface area contributed by atoms with Crippen molar-refractivity contribution in [1.29, 1.82) is 63.1 Å². The summed E-state index contributed by atoms with van der Waals surface area (Å²) in [6, 6.07) is 108. The fourth-order valence-corrected chi connectivity index (χ4v) is 14.8. The van der Waals surface area contributed by atoms with Crippen LogP contribution in [0.1, 0.15) is 66.8 Å². The van der Waals surface area contributed by atoms with Crippen LogP contribution < -0.4 is 42.0 Å². The van der Waals surface area contributed by atoms with Gasteiger partial charge in [0.25, 0.3) is 0 Å². The average Bonchev–Trinajstić information content (AvgIpc) is 0.762. The lowest BCUT2D eigenvalue weighted by atomic mass is 9.93. The molecule has 22 nitrogen and oxygen atoms in total. The Morgan fingerprint density at radius 2 is 0.336 bits per heavy atom. The van der Waals surface area contributed by atoms with Crippen LogP contribution in [-0.2, 0) is 4.57 Å². The Hall–Kier alpha value is -19.4. The third-order valence-corrected chi connectivity index (χ3v) is 20.7. The molecule has 0 amide bonds. The summed E-state index contributed by atoms with van der Waals surface area (Å²) in [5.41, 5.74) is 7.26. The van der Waals surface area contributed by atoms with E-state index in [2.05, 4.69) is 0 Å². The molecule has 0 bridgehead atoms. The van der Waals surface area contributed by atoms with Crippen LogP contribution >= 0.6 is 7.82 Å². The molecule has 0 aromatic heterocycles. The molecule has 0 saturated heterocycles. The van der Waals surface area contributed by atoms with Gasteiger partial charge in [-0.2, -0.15) is 67.7 Å². The van der Waals surface area contributed by atoms with E-state index in [4.69, 9.17) is 42.0 Å². The van der Waals surface area contributed by atoms with E-state index in [-0.39, 0.29) is 101 Å². The van der Waals surface area contributed by atoms with Gasteiger partial charge in [-0.25, -0.2) is 0 Å². The number of ether oxygens (including phenoxy) is 6. The molecule has 125 heavy (non-hydrogen) atoms. The van der Waals surface area contributed by atoms with Crippen LogP contribution in [0, 0.1) is 136 Å². The maximum atomic E-state index is 17.8. The molecule has 0 atom stereocenters. The van der Waals surface area contributed by atoms with Gasteiger partial charge in [-0.3, -0.25) is 0 Å². The van der Waals surface area contributed by atoms with Crippen LogP contribution in [0.2, 0.25) is 0 Å². The number of phosphoric ester groups is 1. The average molecular weight is 1640 g/mol. The normalized spacial score (nSPS) is 10.3. The predicted octanol–water partition coefficient (Wildman–Crippen LogP) is 24.5. The predicted molar refractivity (Wildman–Crippen MR) is 457 cm³/mol. The minimum Gasteiger partial charge on any atom is -0.457 e. The number of benzene rings is 15. The third-order valence-electron chi connectivity index (χ3n) is 19.4. The van der Waals surface area contributed by atoms with Gasteiger partial charge in [0.05, 0.1) is 66.8 Å². The standard InChI is InChI=1S/C102H51N12O10P/c103-52-70-22-40-88(46-76(70)58-109)116-82-28-10-64(11-29-82)94-4-1-7-97(100(94)67-16-34-85(35-17-67)119-91-43-25-73(55-106)79(49-91)61-112)122-125(115,123-98-8-2-5-95(65-12-30-83(31-13-65)117-89-41-23-71(53-104)77(47-89)59-110)101(98)68-18-36-86(37-19-68)120-92-44-26-74(56-107)80(50-92)62-113)124-99-9-3-6-96(66-14-32-84(33-15-66)118-90-42-24-72(54-105)78(48-90)60-111)102(99)69-20-38-87(39-21-69)121-93-45-27-75(57-108)81(51-93)63-114/h1-51H. The summed E-state index contributed by atoms with van der Waals surface area (Å²) in [7, 11) is -5.46. The Balaban J connectivity index is 0.913. The minimum atomic E-state index is -5.46. The number of rotatable bonds is 24.